The molecular weight excluding hydrogens is 298 g/mol. The molecule has 108 valence electrons. The van der Waals surface area contributed by atoms with Crippen molar-refractivity contribution in [3.63, 3.8) is 0 Å². The molecule has 0 atom stereocenters. The number of carboxylic acids is 1. The van der Waals surface area contributed by atoms with E-state index in [-0.39, 0.29) is 5.57 Å². The van der Waals surface area contributed by atoms with Gasteiger partial charge in [-0.2, -0.15) is 0 Å². The maximum absolute atomic E-state index is 12.0. The minimum Gasteiger partial charge on any atom is -0.475 e. The first kappa shape index (κ1) is 14.2. The molecule has 0 radical (unpaired) electrons. The first-order valence-corrected chi connectivity index (χ1v) is 7.42. The Kier molecular flexibility index (Phi) is 3.80. The van der Waals surface area contributed by atoms with Crippen molar-refractivity contribution in [3.8, 4) is 0 Å². The van der Waals surface area contributed by atoms with Crippen LogP contribution in [0.1, 0.15) is 10.6 Å². The second-order valence-electron chi connectivity index (χ2n) is 4.60. The summed E-state index contributed by atoms with van der Waals surface area (Å²) < 4.78 is 0. The van der Waals surface area contributed by atoms with E-state index in [4.69, 9.17) is 5.11 Å². The van der Waals surface area contributed by atoms with Crippen molar-refractivity contribution < 1.29 is 14.7 Å². The molecule has 5 heteroatoms. The van der Waals surface area contributed by atoms with Crippen LogP contribution in [0.4, 0.5) is 0 Å². The Morgan fingerprint density at radius 2 is 1.86 bits per heavy atom. The molecule has 0 aliphatic carbocycles. The van der Waals surface area contributed by atoms with Gasteiger partial charge in [0.1, 0.15) is 0 Å². The van der Waals surface area contributed by atoms with Crippen molar-refractivity contribution in [2.45, 2.75) is 0 Å². The molecule has 0 spiro atoms. The van der Waals surface area contributed by atoms with Gasteiger partial charge in [0.2, 0.25) is 0 Å². The lowest BCUT2D eigenvalue weighted by Gasteiger charge is -2.05. The molecule has 0 saturated heterocycles. The lowest BCUT2D eigenvalue weighted by molar-refractivity contribution is -0.146. The predicted molar refractivity (Wildman–Crippen MR) is 86.6 cm³/mol. The number of hydrogen-bond acceptors (Lipinski definition) is 4. The quantitative estimate of drug-likeness (QED) is 0.592. The number of Topliss-reactive ketones (excluding diaryl/α,β-unsaturated/α-hetero) is 1. The number of nitrogens with zero attached hydrogens (tertiary/aromatic N) is 1. The molecule has 2 aromatic heterocycles. The highest BCUT2D eigenvalue weighted by Crippen LogP contribution is 2.23. The highest BCUT2D eigenvalue weighted by molar-refractivity contribution is 7.11. The molecule has 0 bridgehead atoms. The molecule has 1 N–H and O–H groups in total. The molecule has 0 unspecified atom stereocenters. The number of fused-ring (bicyclic) bond motifs is 1. The molecule has 2 heterocycles. The molecule has 22 heavy (non-hydrogen) atoms. The van der Waals surface area contributed by atoms with Crippen LogP contribution in [0.5, 0.6) is 0 Å². The van der Waals surface area contributed by atoms with Crippen molar-refractivity contribution >= 4 is 45.6 Å². The Balaban J connectivity index is 2.15. The summed E-state index contributed by atoms with van der Waals surface area (Å²) in [6, 6.07) is 14.6. The first-order valence-electron chi connectivity index (χ1n) is 6.54. The van der Waals surface area contributed by atoms with Gasteiger partial charge in [0.05, 0.1) is 16.8 Å². The number of ketones is 1. The molecule has 0 saturated carbocycles. The number of carbonyl (C=O) groups is 2. The molecule has 0 aliphatic rings. The molecule has 0 amide bonds. The van der Waals surface area contributed by atoms with Gasteiger partial charge in [-0.15, -0.1) is 11.3 Å². The second-order valence-corrected chi connectivity index (χ2v) is 5.58. The van der Waals surface area contributed by atoms with E-state index in [1.165, 1.54) is 11.3 Å². The lowest BCUT2D eigenvalue weighted by Crippen LogP contribution is -2.15. The summed E-state index contributed by atoms with van der Waals surface area (Å²) in [7, 11) is 0. The summed E-state index contributed by atoms with van der Waals surface area (Å²) in [6.07, 6.45) is 1.57. The van der Waals surface area contributed by atoms with E-state index in [1.54, 1.807) is 12.1 Å². The number of hydrogen-bond donors (Lipinski definition) is 1. The number of pyridine rings is 1. The van der Waals surface area contributed by atoms with E-state index in [2.05, 4.69) is 4.98 Å². The van der Waals surface area contributed by atoms with Crippen LogP contribution in [-0.4, -0.2) is 21.8 Å². The predicted octanol–water partition coefficient (Wildman–Crippen LogP) is 3.49. The van der Waals surface area contributed by atoms with Gasteiger partial charge in [-0.1, -0.05) is 30.3 Å². The molecule has 3 rings (SSSR count). The van der Waals surface area contributed by atoms with Gasteiger partial charge < -0.3 is 5.11 Å². The maximum atomic E-state index is 12.0. The van der Waals surface area contributed by atoms with Crippen molar-refractivity contribution in [2.75, 3.05) is 0 Å². The van der Waals surface area contributed by atoms with Gasteiger partial charge in [0, 0.05) is 10.3 Å². The van der Waals surface area contributed by atoms with Crippen LogP contribution < -0.4 is 0 Å². The normalized spacial score (nSPS) is 11.5. The molecule has 3 aromatic rings. The van der Waals surface area contributed by atoms with Crippen molar-refractivity contribution in [1.82, 2.24) is 4.98 Å². The molecular formula is C17H11NO3S. The third-order valence-electron chi connectivity index (χ3n) is 3.14. The topological polar surface area (TPSA) is 67.3 Å². The van der Waals surface area contributed by atoms with Crippen LogP contribution in [-0.2, 0) is 9.59 Å². The SMILES string of the molecule is O=C(O)C(=O)C(=Cc1cccs1)c1ccc2ccccc2n1. The van der Waals surface area contributed by atoms with E-state index in [9.17, 15) is 9.59 Å². The van der Waals surface area contributed by atoms with Crippen LogP contribution in [0.2, 0.25) is 0 Å². The van der Waals surface area contributed by atoms with E-state index < -0.39 is 11.8 Å². The summed E-state index contributed by atoms with van der Waals surface area (Å²) in [5.41, 5.74) is 1.16. The highest BCUT2D eigenvalue weighted by atomic mass is 32.1. The summed E-state index contributed by atoms with van der Waals surface area (Å²) in [4.78, 5) is 28.3. The van der Waals surface area contributed by atoms with Gasteiger partial charge in [0.25, 0.3) is 5.78 Å². The van der Waals surface area contributed by atoms with Gasteiger partial charge in [-0.3, -0.25) is 4.79 Å². The summed E-state index contributed by atoms with van der Waals surface area (Å²) in [5.74, 6) is -2.45. The lowest BCUT2D eigenvalue weighted by atomic mass is 10.0. The largest absolute Gasteiger partial charge is 0.475 e. The van der Waals surface area contributed by atoms with E-state index in [1.807, 2.05) is 47.8 Å². The van der Waals surface area contributed by atoms with Crippen molar-refractivity contribution in [2.24, 2.45) is 0 Å². The van der Waals surface area contributed by atoms with Gasteiger partial charge in [-0.25, -0.2) is 9.78 Å². The van der Waals surface area contributed by atoms with E-state index in [0.29, 0.717) is 5.69 Å². The molecule has 0 fully saturated rings. The van der Waals surface area contributed by atoms with Crippen LogP contribution >= 0.6 is 11.3 Å². The van der Waals surface area contributed by atoms with E-state index >= 15 is 0 Å². The number of aromatic nitrogens is 1. The minimum absolute atomic E-state index is 0.0840. The number of carbonyl (C=O) groups excluding carboxylic acids is 1. The minimum atomic E-state index is -1.49. The third-order valence-corrected chi connectivity index (χ3v) is 3.96. The number of aliphatic carboxylic acids is 1. The van der Waals surface area contributed by atoms with Crippen LogP contribution in [0, 0.1) is 0 Å². The Hall–Kier alpha value is -2.79. The summed E-state index contributed by atoms with van der Waals surface area (Å²) in [5, 5.41) is 11.8. The Bertz CT molecular complexity index is 882. The van der Waals surface area contributed by atoms with Crippen LogP contribution in [0.25, 0.3) is 22.6 Å². The fourth-order valence-electron chi connectivity index (χ4n) is 2.10. The number of thiophene rings is 1. The van der Waals surface area contributed by atoms with E-state index in [0.717, 1.165) is 15.8 Å². The third kappa shape index (κ3) is 2.80. The van der Waals surface area contributed by atoms with Crippen molar-refractivity contribution in [3.05, 3.63) is 64.5 Å². The first-order chi connectivity index (χ1) is 10.6. The number of para-hydroxylation sites is 1. The Morgan fingerprint density at radius 3 is 2.59 bits per heavy atom. The Labute approximate surface area is 130 Å². The second kappa shape index (κ2) is 5.91. The summed E-state index contributed by atoms with van der Waals surface area (Å²) >= 11 is 1.43. The van der Waals surface area contributed by atoms with Gasteiger partial charge in [-0.05, 0) is 29.7 Å². The smallest absolute Gasteiger partial charge is 0.377 e. The van der Waals surface area contributed by atoms with Gasteiger partial charge in [0.15, 0.2) is 0 Å². The maximum Gasteiger partial charge on any atom is 0.377 e. The van der Waals surface area contributed by atoms with Crippen LogP contribution in [0.3, 0.4) is 0 Å². The average molecular weight is 309 g/mol. The van der Waals surface area contributed by atoms with Gasteiger partial charge >= 0.3 is 5.97 Å². The average Bonchev–Trinajstić information content (AvgIpc) is 3.04. The zero-order valence-corrected chi connectivity index (χ0v) is 12.2. The molecule has 1 aromatic carbocycles. The number of rotatable bonds is 4. The fraction of sp³-hybridized carbons (Fsp3) is 0. The fourth-order valence-corrected chi connectivity index (χ4v) is 2.76. The monoisotopic (exact) mass is 309 g/mol. The zero-order valence-electron chi connectivity index (χ0n) is 11.4. The van der Waals surface area contributed by atoms with Crippen LogP contribution in [0.15, 0.2) is 53.9 Å². The highest BCUT2D eigenvalue weighted by Gasteiger charge is 2.21. The standard InChI is InChI=1S/C17H11NO3S/c19-16(17(20)21)13(10-12-5-3-9-22-12)15-8-7-11-4-1-2-6-14(11)18-15/h1-10H,(H,20,21). The Morgan fingerprint density at radius 1 is 1.05 bits per heavy atom. The molecule has 4 nitrogen and oxygen atoms in total. The zero-order chi connectivity index (χ0) is 15.5. The number of benzene rings is 1. The summed E-state index contributed by atoms with van der Waals surface area (Å²) in [6.45, 7) is 0. The van der Waals surface area contributed by atoms with Crippen molar-refractivity contribution in [1.29, 1.82) is 0 Å². The molecule has 0 aliphatic heterocycles. The number of carboxylic acid groups (broad SMARTS) is 1.